The molecule has 2 N–H and O–H groups in total. The fourth-order valence-electron chi connectivity index (χ4n) is 2.38. The highest BCUT2D eigenvalue weighted by Gasteiger charge is 2.16. The van der Waals surface area contributed by atoms with Gasteiger partial charge in [0.2, 0.25) is 0 Å². The normalized spacial score (nSPS) is 19.0. The van der Waals surface area contributed by atoms with Crippen molar-refractivity contribution in [1.29, 1.82) is 0 Å². The maximum absolute atomic E-state index is 12.3. The molecule has 0 aromatic carbocycles. The molecule has 0 aliphatic carbocycles. The van der Waals surface area contributed by atoms with Gasteiger partial charge < -0.3 is 15.2 Å². The van der Waals surface area contributed by atoms with E-state index in [1.54, 1.807) is 12.1 Å². The van der Waals surface area contributed by atoms with Gasteiger partial charge in [0.05, 0.1) is 6.54 Å². The molecule has 1 atom stereocenters. The van der Waals surface area contributed by atoms with Gasteiger partial charge in [-0.2, -0.15) is 0 Å². The Bertz CT molecular complexity index is 414. The van der Waals surface area contributed by atoms with Gasteiger partial charge in [-0.3, -0.25) is 4.79 Å². The Kier molecular flexibility index (Phi) is 4.90. The molecule has 4 nitrogen and oxygen atoms in total. The van der Waals surface area contributed by atoms with Crippen LogP contribution in [-0.4, -0.2) is 36.0 Å². The van der Waals surface area contributed by atoms with E-state index in [0.717, 1.165) is 19.4 Å². The number of alkyl halides is 2. The number of halogens is 2. The fraction of sp³-hybridized carbons (Fsp3) is 0.615. The molecule has 2 heterocycles. The van der Waals surface area contributed by atoms with E-state index in [-0.39, 0.29) is 5.91 Å². The van der Waals surface area contributed by atoms with Gasteiger partial charge in [0, 0.05) is 18.8 Å². The monoisotopic (exact) mass is 271 g/mol. The van der Waals surface area contributed by atoms with Crippen LogP contribution in [0, 0.1) is 0 Å². The first-order valence-electron chi connectivity index (χ1n) is 6.61. The van der Waals surface area contributed by atoms with Crippen molar-refractivity contribution in [2.45, 2.75) is 38.3 Å². The molecule has 19 heavy (non-hydrogen) atoms. The van der Waals surface area contributed by atoms with E-state index in [1.807, 2.05) is 0 Å². The number of amides is 1. The van der Waals surface area contributed by atoms with E-state index in [0.29, 0.717) is 18.3 Å². The Morgan fingerprint density at radius 2 is 2.42 bits per heavy atom. The van der Waals surface area contributed by atoms with E-state index >= 15 is 0 Å². The minimum atomic E-state index is -2.46. The molecule has 6 heteroatoms. The van der Waals surface area contributed by atoms with E-state index < -0.39 is 13.0 Å². The smallest absolute Gasteiger partial charge is 0.267 e. The van der Waals surface area contributed by atoms with Crippen LogP contribution in [0.25, 0.3) is 0 Å². The van der Waals surface area contributed by atoms with Gasteiger partial charge in [-0.1, -0.05) is 0 Å². The molecule has 0 bridgehead atoms. The van der Waals surface area contributed by atoms with Gasteiger partial charge in [-0.15, -0.1) is 0 Å². The Morgan fingerprint density at radius 1 is 1.58 bits per heavy atom. The van der Waals surface area contributed by atoms with E-state index in [1.165, 1.54) is 17.2 Å². The molecule has 0 saturated carbocycles. The van der Waals surface area contributed by atoms with Crippen molar-refractivity contribution in [3.8, 4) is 0 Å². The lowest BCUT2D eigenvalue weighted by atomic mass is 10.1. The van der Waals surface area contributed by atoms with Crippen molar-refractivity contribution in [3.63, 3.8) is 0 Å². The summed E-state index contributed by atoms with van der Waals surface area (Å²) >= 11 is 0. The van der Waals surface area contributed by atoms with Crippen LogP contribution >= 0.6 is 0 Å². The summed E-state index contributed by atoms with van der Waals surface area (Å²) < 4.78 is 26.0. The fourth-order valence-corrected chi connectivity index (χ4v) is 2.38. The summed E-state index contributed by atoms with van der Waals surface area (Å²) in [5, 5.41) is 6.13. The number of carbonyl (C=O) groups is 1. The van der Waals surface area contributed by atoms with Crippen LogP contribution in [0.2, 0.25) is 0 Å². The van der Waals surface area contributed by atoms with Crippen LogP contribution in [0.1, 0.15) is 29.8 Å². The number of nitrogens with one attached hydrogen (secondary N) is 2. The van der Waals surface area contributed by atoms with Crippen molar-refractivity contribution in [2.24, 2.45) is 0 Å². The van der Waals surface area contributed by atoms with Gasteiger partial charge in [0.1, 0.15) is 5.69 Å². The lowest BCUT2D eigenvalue weighted by Gasteiger charge is -2.12. The number of aromatic nitrogens is 1. The highest BCUT2D eigenvalue weighted by molar-refractivity contribution is 5.92. The molecule has 1 aliphatic heterocycles. The molecule has 2 rings (SSSR count). The van der Waals surface area contributed by atoms with Gasteiger partial charge in [0.15, 0.2) is 0 Å². The minimum absolute atomic E-state index is 0.288. The van der Waals surface area contributed by atoms with Crippen molar-refractivity contribution in [1.82, 2.24) is 15.2 Å². The second-order valence-corrected chi connectivity index (χ2v) is 4.77. The van der Waals surface area contributed by atoms with Crippen LogP contribution in [0.3, 0.4) is 0 Å². The minimum Gasteiger partial charge on any atom is -0.351 e. The summed E-state index contributed by atoms with van der Waals surface area (Å²) in [6.45, 7) is 1.16. The number of carbonyl (C=O) groups excluding carboxylic acids is 1. The van der Waals surface area contributed by atoms with Gasteiger partial charge in [-0.25, -0.2) is 8.78 Å². The number of hydrogen-bond acceptors (Lipinski definition) is 2. The predicted molar refractivity (Wildman–Crippen MR) is 68.4 cm³/mol. The average molecular weight is 271 g/mol. The quantitative estimate of drug-likeness (QED) is 0.826. The maximum atomic E-state index is 12.3. The molecule has 0 unspecified atom stereocenters. The molecular weight excluding hydrogens is 252 g/mol. The first kappa shape index (κ1) is 14.0. The number of rotatable bonds is 6. The van der Waals surface area contributed by atoms with E-state index in [4.69, 9.17) is 0 Å². The third-order valence-electron chi connectivity index (χ3n) is 3.34. The molecule has 0 radical (unpaired) electrons. The third kappa shape index (κ3) is 4.02. The van der Waals surface area contributed by atoms with Crippen molar-refractivity contribution >= 4 is 5.91 Å². The zero-order valence-electron chi connectivity index (χ0n) is 10.7. The van der Waals surface area contributed by atoms with Crippen molar-refractivity contribution < 1.29 is 13.6 Å². The second kappa shape index (κ2) is 6.65. The van der Waals surface area contributed by atoms with Crippen LogP contribution in [0.4, 0.5) is 8.78 Å². The first-order valence-corrected chi connectivity index (χ1v) is 6.61. The molecule has 1 amide bonds. The first-order chi connectivity index (χ1) is 9.16. The highest BCUT2D eigenvalue weighted by Crippen LogP contribution is 2.09. The molecule has 1 saturated heterocycles. The molecule has 1 fully saturated rings. The summed E-state index contributed by atoms with van der Waals surface area (Å²) in [5.41, 5.74) is 0.291. The SMILES string of the molecule is O=C(NCC[C@@H]1CCCN1)c1cccn1CC(F)F. The predicted octanol–water partition coefficient (Wildman–Crippen LogP) is 1.63. The lowest BCUT2D eigenvalue weighted by Crippen LogP contribution is -2.31. The van der Waals surface area contributed by atoms with Gasteiger partial charge in [-0.05, 0) is 37.9 Å². The summed E-state index contributed by atoms with van der Waals surface area (Å²) in [6, 6.07) is 3.63. The van der Waals surface area contributed by atoms with Gasteiger partial charge >= 0.3 is 0 Å². The van der Waals surface area contributed by atoms with E-state index in [2.05, 4.69) is 10.6 Å². The van der Waals surface area contributed by atoms with Crippen LogP contribution in [0.15, 0.2) is 18.3 Å². The lowest BCUT2D eigenvalue weighted by molar-refractivity contribution is 0.0929. The van der Waals surface area contributed by atoms with Crippen molar-refractivity contribution in [2.75, 3.05) is 13.1 Å². The number of nitrogens with zero attached hydrogens (tertiary/aromatic N) is 1. The van der Waals surface area contributed by atoms with Crippen LogP contribution in [0.5, 0.6) is 0 Å². The van der Waals surface area contributed by atoms with Crippen LogP contribution < -0.4 is 10.6 Å². The topological polar surface area (TPSA) is 46.1 Å². The second-order valence-electron chi connectivity index (χ2n) is 4.77. The standard InChI is InChI=1S/C13H19F2N3O/c14-12(15)9-18-8-2-4-11(18)13(19)17-7-5-10-3-1-6-16-10/h2,4,8,10,12,16H,1,3,5-7,9H2,(H,17,19)/t10-/m0/s1. The van der Waals surface area contributed by atoms with Crippen LogP contribution in [-0.2, 0) is 6.54 Å². The zero-order valence-corrected chi connectivity index (χ0v) is 10.7. The Morgan fingerprint density at radius 3 is 3.11 bits per heavy atom. The summed E-state index contributed by atoms with van der Waals surface area (Å²) in [7, 11) is 0. The Labute approximate surface area is 111 Å². The average Bonchev–Trinajstić information content (AvgIpc) is 2.99. The summed E-state index contributed by atoms with van der Waals surface area (Å²) in [6.07, 6.45) is 2.23. The summed E-state index contributed by atoms with van der Waals surface area (Å²) in [5.74, 6) is -0.288. The molecule has 0 spiro atoms. The molecule has 106 valence electrons. The Hall–Kier alpha value is -1.43. The zero-order chi connectivity index (χ0) is 13.7. The third-order valence-corrected chi connectivity index (χ3v) is 3.34. The maximum Gasteiger partial charge on any atom is 0.267 e. The van der Waals surface area contributed by atoms with Crippen molar-refractivity contribution in [3.05, 3.63) is 24.0 Å². The number of hydrogen-bond donors (Lipinski definition) is 2. The molecule has 1 aromatic heterocycles. The van der Waals surface area contributed by atoms with E-state index in [9.17, 15) is 13.6 Å². The highest BCUT2D eigenvalue weighted by atomic mass is 19.3. The molecule has 1 aliphatic rings. The van der Waals surface area contributed by atoms with Gasteiger partial charge in [0.25, 0.3) is 12.3 Å². The molecule has 1 aromatic rings. The molecular formula is C13H19F2N3O. The Balaban J connectivity index is 1.80. The summed E-state index contributed by atoms with van der Waals surface area (Å²) in [4.78, 5) is 11.9. The largest absolute Gasteiger partial charge is 0.351 e.